The first-order valence-electron chi connectivity index (χ1n) is 28.4. The van der Waals surface area contributed by atoms with E-state index in [9.17, 15) is 33.6 Å². The number of rotatable bonds is 42. The predicted molar refractivity (Wildman–Crippen MR) is 293 cm³/mol. The van der Waals surface area contributed by atoms with Crippen LogP contribution in [0.3, 0.4) is 0 Å². The summed E-state index contributed by atoms with van der Waals surface area (Å²) in [5.41, 5.74) is 0.106. The number of carbonyl (C=O) groups is 7. The van der Waals surface area contributed by atoms with Crippen molar-refractivity contribution < 1.29 is 71.5 Å². The van der Waals surface area contributed by atoms with Crippen LogP contribution < -0.4 is 5.32 Å². The number of hydrogen-bond acceptors (Lipinski definition) is 15. The number of imide groups is 1. The van der Waals surface area contributed by atoms with Crippen LogP contribution in [-0.2, 0) is 76.9 Å². The van der Waals surface area contributed by atoms with Crippen molar-refractivity contribution in [1.29, 1.82) is 0 Å². The summed E-state index contributed by atoms with van der Waals surface area (Å²) in [4.78, 5) is 97.4. The summed E-state index contributed by atoms with van der Waals surface area (Å²) in [6, 6.07) is 9.68. The van der Waals surface area contributed by atoms with Gasteiger partial charge in [0.05, 0.1) is 122 Å². The molecule has 78 heavy (non-hydrogen) atoms. The third kappa shape index (κ3) is 20.6. The minimum absolute atomic E-state index is 0.0293. The Morgan fingerprint density at radius 3 is 1.78 bits per heavy atom. The van der Waals surface area contributed by atoms with Gasteiger partial charge in [-0.2, -0.15) is 0 Å². The SMILES string of the molecule is CC[C@H](C)[C@@H]([C@@H](CC(=O)N1CCC[C@H]1[C@H](OC)[C@@H](C)C(=O)CCC1(c2ccccc2)CC1)OC)N(C)C(=O)[C@@H](CC(=O)C(C)(C)NC(=O)CCOCCOCCOCCOCCOCCOCCN1C(=O)C=CC1=O)C(C)C. The van der Waals surface area contributed by atoms with E-state index < -0.39 is 35.6 Å². The molecule has 3 aliphatic rings. The van der Waals surface area contributed by atoms with E-state index in [2.05, 4.69) is 29.6 Å². The Balaban J connectivity index is 1.13. The van der Waals surface area contributed by atoms with E-state index in [1.165, 1.54) is 17.7 Å². The first-order chi connectivity index (χ1) is 37.3. The summed E-state index contributed by atoms with van der Waals surface area (Å²) in [5, 5.41) is 2.84. The van der Waals surface area contributed by atoms with Crippen LogP contribution in [0, 0.1) is 23.7 Å². The molecule has 1 saturated carbocycles. The lowest BCUT2D eigenvalue weighted by Crippen LogP contribution is -2.55. The second-order valence-corrected chi connectivity index (χ2v) is 21.9. The number of Topliss-reactive ketones (excluding diaryl/α,β-unsaturated/α-hetero) is 2. The molecule has 7 atom stereocenters. The molecule has 0 spiro atoms. The Morgan fingerprint density at radius 2 is 1.28 bits per heavy atom. The maximum atomic E-state index is 14.6. The number of nitrogens with one attached hydrogen (secondary N) is 1. The molecule has 0 bridgehead atoms. The van der Waals surface area contributed by atoms with Gasteiger partial charge in [0.1, 0.15) is 5.78 Å². The van der Waals surface area contributed by atoms with Gasteiger partial charge < -0.3 is 53.0 Å². The van der Waals surface area contributed by atoms with E-state index in [0.717, 1.165) is 37.0 Å². The van der Waals surface area contributed by atoms with Gasteiger partial charge in [-0.3, -0.25) is 38.5 Å². The molecule has 440 valence electrons. The van der Waals surface area contributed by atoms with E-state index >= 15 is 0 Å². The molecule has 1 saturated heterocycles. The number of ether oxygens (including phenoxy) is 8. The molecule has 0 unspecified atom stereocenters. The highest BCUT2D eigenvalue weighted by Gasteiger charge is 2.46. The fraction of sp³-hybridized carbons (Fsp3) is 0.746. The lowest BCUT2D eigenvalue weighted by Gasteiger charge is -2.41. The number of ketones is 2. The lowest BCUT2D eigenvalue weighted by molar-refractivity contribution is -0.149. The smallest absolute Gasteiger partial charge is 0.253 e. The van der Waals surface area contributed by atoms with Crippen LogP contribution in [0.5, 0.6) is 0 Å². The summed E-state index contributed by atoms with van der Waals surface area (Å²) in [5.74, 6) is -2.86. The van der Waals surface area contributed by atoms with Crippen molar-refractivity contribution in [3.05, 3.63) is 48.0 Å². The van der Waals surface area contributed by atoms with E-state index in [-0.39, 0.29) is 110 Å². The molecular weight excluding hydrogens is 1000 g/mol. The zero-order valence-electron chi connectivity index (χ0n) is 48.6. The van der Waals surface area contributed by atoms with E-state index in [1.807, 2.05) is 45.6 Å². The van der Waals surface area contributed by atoms with Gasteiger partial charge in [0.25, 0.3) is 11.8 Å². The largest absolute Gasteiger partial charge is 0.379 e. The van der Waals surface area contributed by atoms with Crippen molar-refractivity contribution in [2.75, 3.05) is 114 Å². The predicted octanol–water partition coefficient (Wildman–Crippen LogP) is 5.53. The molecule has 19 heteroatoms. The number of likely N-dealkylation sites (N-methyl/N-ethyl adjacent to an activating group) is 1. The molecule has 0 aromatic heterocycles. The summed E-state index contributed by atoms with van der Waals surface area (Å²) in [6.45, 7) is 17.8. The van der Waals surface area contributed by atoms with E-state index in [4.69, 9.17) is 37.9 Å². The Morgan fingerprint density at radius 1 is 0.744 bits per heavy atom. The molecule has 0 radical (unpaired) electrons. The highest BCUT2D eigenvalue weighted by atomic mass is 16.6. The fourth-order valence-electron chi connectivity index (χ4n) is 10.5. The lowest BCUT2D eigenvalue weighted by atomic mass is 9.82. The highest BCUT2D eigenvalue weighted by Crippen LogP contribution is 2.52. The maximum absolute atomic E-state index is 14.6. The fourth-order valence-corrected chi connectivity index (χ4v) is 10.5. The van der Waals surface area contributed by atoms with Crippen LogP contribution in [0.4, 0.5) is 0 Å². The van der Waals surface area contributed by atoms with Crippen LogP contribution in [0.15, 0.2) is 42.5 Å². The summed E-state index contributed by atoms with van der Waals surface area (Å²) >= 11 is 0. The van der Waals surface area contributed by atoms with Gasteiger partial charge in [-0.25, -0.2) is 0 Å². The number of nitrogens with zero attached hydrogens (tertiary/aromatic N) is 3. The van der Waals surface area contributed by atoms with Gasteiger partial charge in [-0.1, -0.05) is 71.4 Å². The Labute approximate surface area is 464 Å². The average Bonchev–Trinajstić information content (AvgIpc) is 4.00. The minimum Gasteiger partial charge on any atom is -0.379 e. The van der Waals surface area contributed by atoms with Crippen molar-refractivity contribution in [1.82, 2.24) is 20.0 Å². The van der Waals surface area contributed by atoms with Crippen LogP contribution in [0.25, 0.3) is 0 Å². The molecule has 2 aliphatic heterocycles. The van der Waals surface area contributed by atoms with Crippen LogP contribution >= 0.6 is 0 Å². The summed E-state index contributed by atoms with van der Waals surface area (Å²) in [7, 11) is 4.92. The normalized spacial score (nSPS) is 18.5. The van der Waals surface area contributed by atoms with Gasteiger partial charge in [0.2, 0.25) is 17.7 Å². The van der Waals surface area contributed by atoms with Crippen LogP contribution in [0.1, 0.15) is 118 Å². The third-order valence-electron chi connectivity index (χ3n) is 15.8. The second kappa shape index (κ2) is 34.0. The molecule has 5 amide bonds. The first kappa shape index (κ1) is 66.0. The van der Waals surface area contributed by atoms with Crippen molar-refractivity contribution in [2.45, 2.75) is 148 Å². The quantitative estimate of drug-likeness (QED) is 0.0630. The Kier molecular flexibility index (Phi) is 28.8. The number of likely N-dealkylation sites (tertiary alicyclic amines) is 1. The standard InChI is InChI=1S/C59H94N4O15/c1-11-43(4)55(49(71-9)41-54(69)62-26-15-18-47(62)56(72-10)44(5)48(64)21-23-59(24-25-59)45-16-13-12-14-17-45)61(8)57(70)46(42(2)3)40-50(65)58(6,7)60-51(66)22-28-73-30-32-75-34-36-77-38-39-78-37-35-76-33-31-74-29-27-63-52(67)19-20-53(63)68/h12-14,16-17,19-20,42-44,46-47,49,55-56H,11,15,18,21-41H2,1-10H3,(H,60,66)/t43-,44-,46-,47-,49+,55-,56+/m0/s1. The number of methoxy groups -OCH3 is 2. The molecule has 2 heterocycles. The second-order valence-electron chi connectivity index (χ2n) is 21.9. The molecule has 4 rings (SSSR count). The van der Waals surface area contributed by atoms with Gasteiger partial charge in [0.15, 0.2) is 5.78 Å². The molecule has 1 aromatic carbocycles. The van der Waals surface area contributed by atoms with Crippen molar-refractivity contribution >= 4 is 41.1 Å². The first-order valence-corrected chi connectivity index (χ1v) is 28.4. The Hall–Kier alpha value is -4.47. The number of hydrogen-bond donors (Lipinski definition) is 1. The minimum atomic E-state index is -1.25. The van der Waals surface area contributed by atoms with Gasteiger partial charge in [-0.05, 0) is 68.8 Å². The van der Waals surface area contributed by atoms with Gasteiger partial charge in [0, 0.05) is 71.1 Å². The zero-order chi connectivity index (χ0) is 57.3. The topological polar surface area (TPSA) is 215 Å². The van der Waals surface area contributed by atoms with Crippen LogP contribution in [-0.4, -0.2) is 199 Å². The Bertz CT molecular complexity index is 2050. The van der Waals surface area contributed by atoms with Gasteiger partial charge >= 0.3 is 0 Å². The third-order valence-corrected chi connectivity index (χ3v) is 15.8. The van der Waals surface area contributed by atoms with Crippen molar-refractivity contribution in [2.24, 2.45) is 23.7 Å². The van der Waals surface area contributed by atoms with Crippen molar-refractivity contribution in [3.63, 3.8) is 0 Å². The number of amides is 5. The number of carbonyl (C=O) groups excluding carboxylic acids is 7. The molecule has 1 aromatic rings. The molecule has 1 aliphatic carbocycles. The summed E-state index contributed by atoms with van der Waals surface area (Å²) in [6.07, 6.45) is 6.99. The maximum Gasteiger partial charge on any atom is 0.253 e. The molecular formula is C59H94N4O15. The zero-order valence-corrected chi connectivity index (χ0v) is 48.6. The average molecular weight is 1100 g/mol. The van der Waals surface area contributed by atoms with E-state index in [1.54, 1.807) is 40.0 Å². The number of benzene rings is 1. The highest BCUT2D eigenvalue weighted by molar-refractivity contribution is 6.12. The summed E-state index contributed by atoms with van der Waals surface area (Å²) < 4.78 is 45.2. The van der Waals surface area contributed by atoms with Crippen molar-refractivity contribution in [3.8, 4) is 0 Å². The monoisotopic (exact) mass is 1100 g/mol. The van der Waals surface area contributed by atoms with E-state index in [0.29, 0.717) is 78.8 Å². The van der Waals surface area contributed by atoms with Crippen LogP contribution in [0.2, 0.25) is 0 Å². The molecule has 1 N–H and O–H groups in total. The molecule has 19 nitrogen and oxygen atoms in total. The molecule has 2 fully saturated rings. The van der Waals surface area contributed by atoms with Gasteiger partial charge in [-0.15, -0.1) is 0 Å².